The fourth-order valence-corrected chi connectivity index (χ4v) is 0.914. The van der Waals surface area contributed by atoms with Gasteiger partial charge in [-0.1, -0.05) is 6.92 Å². The summed E-state index contributed by atoms with van der Waals surface area (Å²) in [7, 11) is 0. The Morgan fingerprint density at radius 2 is 2.45 bits per heavy atom. The lowest BCUT2D eigenvalue weighted by Gasteiger charge is -2.14. The zero-order chi connectivity index (χ0) is 8.27. The summed E-state index contributed by atoms with van der Waals surface area (Å²) in [6, 6.07) is 1.52. The molecule has 62 valence electrons. The Kier molecular flexibility index (Phi) is 2.68. The Morgan fingerprint density at radius 3 is 2.91 bits per heavy atom. The third kappa shape index (κ3) is 1.82. The second-order valence-corrected chi connectivity index (χ2v) is 2.57. The van der Waals surface area contributed by atoms with Crippen LogP contribution in [-0.2, 0) is 0 Å². The van der Waals surface area contributed by atoms with Crippen LogP contribution in [0.3, 0.4) is 0 Å². The van der Waals surface area contributed by atoms with E-state index in [4.69, 9.17) is 10.2 Å². The van der Waals surface area contributed by atoms with Gasteiger partial charge in [0.2, 0.25) is 0 Å². The number of rotatable bonds is 3. The van der Waals surface area contributed by atoms with Crippen LogP contribution >= 0.6 is 0 Å². The van der Waals surface area contributed by atoms with Crippen LogP contribution in [0, 0.1) is 0 Å². The first-order valence-electron chi connectivity index (χ1n) is 3.71. The minimum Gasteiger partial charge on any atom is -0.472 e. The van der Waals surface area contributed by atoms with Crippen molar-refractivity contribution >= 4 is 0 Å². The third-order valence-corrected chi connectivity index (χ3v) is 1.76. The Balaban J connectivity index is 2.62. The minimum atomic E-state index is -0.598. The average Bonchev–Trinajstić information content (AvgIpc) is 2.53. The molecule has 0 radical (unpaired) electrons. The largest absolute Gasteiger partial charge is 0.472 e. The van der Waals surface area contributed by atoms with Crippen molar-refractivity contribution in [1.29, 1.82) is 0 Å². The van der Waals surface area contributed by atoms with E-state index in [1.807, 2.05) is 6.92 Å². The Labute approximate surface area is 65.8 Å². The van der Waals surface area contributed by atoms with E-state index in [0.717, 1.165) is 12.0 Å². The molecule has 0 aliphatic carbocycles. The van der Waals surface area contributed by atoms with Gasteiger partial charge in [0.25, 0.3) is 0 Å². The first-order chi connectivity index (χ1) is 5.25. The zero-order valence-corrected chi connectivity index (χ0v) is 6.53. The number of hydrogen-bond acceptors (Lipinski definition) is 3. The highest BCUT2D eigenvalue weighted by Gasteiger charge is 2.15. The molecule has 11 heavy (non-hydrogen) atoms. The molecule has 0 aliphatic rings. The summed E-state index contributed by atoms with van der Waals surface area (Å²) >= 11 is 0. The summed E-state index contributed by atoms with van der Waals surface area (Å²) in [5.74, 6) is 0. The molecule has 3 heteroatoms. The van der Waals surface area contributed by atoms with Gasteiger partial charge in [-0.15, -0.1) is 0 Å². The van der Waals surface area contributed by atoms with Gasteiger partial charge in [-0.2, -0.15) is 0 Å². The summed E-state index contributed by atoms with van der Waals surface area (Å²) in [6.45, 7) is 1.94. The molecule has 0 aromatic carbocycles. The molecule has 0 saturated carbocycles. The van der Waals surface area contributed by atoms with Crippen LogP contribution in [0.5, 0.6) is 0 Å². The molecule has 2 unspecified atom stereocenters. The molecule has 1 aromatic heterocycles. The fourth-order valence-electron chi connectivity index (χ4n) is 0.914. The molecule has 1 rings (SSSR count). The molecule has 0 saturated heterocycles. The first kappa shape index (κ1) is 8.30. The molecule has 0 bridgehead atoms. The van der Waals surface area contributed by atoms with Gasteiger partial charge in [0.15, 0.2) is 0 Å². The smallest absolute Gasteiger partial charge is 0.0971 e. The van der Waals surface area contributed by atoms with Crippen molar-refractivity contribution in [2.45, 2.75) is 25.5 Å². The lowest BCUT2D eigenvalue weighted by atomic mass is 10.0. The number of aliphatic hydroxyl groups excluding tert-OH is 1. The normalized spacial score (nSPS) is 16.3. The van der Waals surface area contributed by atoms with Crippen molar-refractivity contribution in [1.82, 2.24) is 0 Å². The summed E-state index contributed by atoms with van der Waals surface area (Å²) in [5.41, 5.74) is 6.37. The summed E-state index contributed by atoms with van der Waals surface area (Å²) in [4.78, 5) is 0. The van der Waals surface area contributed by atoms with Crippen molar-refractivity contribution in [3.8, 4) is 0 Å². The van der Waals surface area contributed by atoms with Crippen LogP contribution in [0.1, 0.15) is 25.0 Å². The number of aliphatic hydroxyl groups is 1. The lowest BCUT2D eigenvalue weighted by molar-refractivity contribution is 0.143. The fraction of sp³-hybridized carbons (Fsp3) is 0.500. The molecule has 0 spiro atoms. The highest BCUT2D eigenvalue weighted by atomic mass is 16.3. The van der Waals surface area contributed by atoms with Crippen LogP contribution in [0.15, 0.2) is 23.0 Å². The Hall–Kier alpha value is -0.800. The maximum atomic E-state index is 9.49. The van der Waals surface area contributed by atoms with E-state index < -0.39 is 6.10 Å². The standard InChI is InChI=1S/C8H13NO2/c1-2-7(9)8(10)6-3-4-11-5-6/h3-5,7-8,10H,2,9H2,1H3. The van der Waals surface area contributed by atoms with Crippen molar-refractivity contribution in [2.24, 2.45) is 5.73 Å². The van der Waals surface area contributed by atoms with Gasteiger partial charge in [0, 0.05) is 11.6 Å². The second-order valence-electron chi connectivity index (χ2n) is 2.57. The minimum absolute atomic E-state index is 0.201. The third-order valence-electron chi connectivity index (χ3n) is 1.76. The van der Waals surface area contributed by atoms with Gasteiger partial charge >= 0.3 is 0 Å². The molecule has 3 N–H and O–H groups in total. The maximum absolute atomic E-state index is 9.49. The van der Waals surface area contributed by atoms with Gasteiger partial charge in [-0.25, -0.2) is 0 Å². The van der Waals surface area contributed by atoms with E-state index in [1.54, 1.807) is 6.07 Å². The average molecular weight is 155 g/mol. The van der Waals surface area contributed by atoms with Gasteiger partial charge in [-0.3, -0.25) is 0 Å². The number of nitrogens with two attached hydrogens (primary N) is 1. The van der Waals surface area contributed by atoms with Crippen molar-refractivity contribution in [2.75, 3.05) is 0 Å². The van der Waals surface area contributed by atoms with Crippen LogP contribution in [0.4, 0.5) is 0 Å². The van der Waals surface area contributed by atoms with Crippen LogP contribution in [-0.4, -0.2) is 11.1 Å². The van der Waals surface area contributed by atoms with Gasteiger partial charge in [0.1, 0.15) is 0 Å². The molecule has 3 nitrogen and oxygen atoms in total. The van der Waals surface area contributed by atoms with Crippen LogP contribution in [0.2, 0.25) is 0 Å². The van der Waals surface area contributed by atoms with E-state index in [2.05, 4.69) is 0 Å². The van der Waals surface area contributed by atoms with Gasteiger partial charge in [0.05, 0.1) is 18.6 Å². The molecule has 1 heterocycles. The second kappa shape index (κ2) is 3.55. The zero-order valence-electron chi connectivity index (χ0n) is 6.53. The van der Waals surface area contributed by atoms with Crippen molar-refractivity contribution in [3.63, 3.8) is 0 Å². The predicted molar refractivity (Wildman–Crippen MR) is 41.9 cm³/mol. The van der Waals surface area contributed by atoms with Crippen LogP contribution < -0.4 is 5.73 Å². The molecular weight excluding hydrogens is 142 g/mol. The van der Waals surface area contributed by atoms with Gasteiger partial charge in [-0.05, 0) is 12.5 Å². The van der Waals surface area contributed by atoms with E-state index in [0.29, 0.717) is 0 Å². The summed E-state index contributed by atoms with van der Waals surface area (Å²) in [5, 5.41) is 9.49. The number of hydrogen-bond donors (Lipinski definition) is 2. The topological polar surface area (TPSA) is 59.4 Å². The first-order valence-corrected chi connectivity index (χ1v) is 3.71. The van der Waals surface area contributed by atoms with Crippen LogP contribution in [0.25, 0.3) is 0 Å². The molecular formula is C8H13NO2. The van der Waals surface area contributed by atoms with Crippen molar-refractivity contribution in [3.05, 3.63) is 24.2 Å². The predicted octanol–water partition coefficient (Wildman–Crippen LogP) is 1.05. The quantitative estimate of drug-likeness (QED) is 0.685. The maximum Gasteiger partial charge on any atom is 0.0971 e. The van der Waals surface area contributed by atoms with E-state index >= 15 is 0 Å². The SMILES string of the molecule is CCC(N)C(O)c1ccoc1. The molecule has 0 fully saturated rings. The van der Waals surface area contributed by atoms with Crippen molar-refractivity contribution < 1.29 is 9.52 Å². The Bertz CT molecular complexity index is 196. The molecule has 1 aromatic rings. The molecule has 0 aliphatic heterocycles. The molecule has 2 atom stereocenters. The monoisotopic (exact) mass is 155 g/mol. The Morgan fingerprint density at radius 1 is 1.73 bits per heavy atom. The highest BCUT2D eigenvalue weighted by molar-refractivity contribution is 5.11. The van der Waals surface area contributed by atoms with E-state index in [1.165, 1.54) is 12.5 Å². The lowest BCUT2D eigenvalue weighted by Crippen LogP contribution is -2.26. The molecule has 0 amide bonds. The summed E-state index contributed by atoms with van der Waals surface area (Å²) in [6.07, 6.45) is 3.20. The number of furan rings is 1. The van der Waals surface area contributed by atoms with Gasteiger partial charge < -0.3 is 15.3 Å². The summed E-state index contributed by atoms with van der Waals surface area (Å²) < 4.78 is 4.81. The van der Waals surface area contributed by atoms with E-state index in [-0.39, 0.29) is 6.04 Å². The van der Waals surface area contributed by atoms with E-state index in [9.17, 15) is 5.11 Å². The highest BCUT2D eigenvalue weighted by Crippen LogP contribution is 2.16.